The van der Waals surface area contributed by atoms with Crippen molar-refractivity contribution in [3.8, 4) is 0 Å². The van der Waals surface area contributed by atoms with Crippen LogP contribution in [0, 0.1) is 6.92 Å². The van der Waals surface area contributed by atoms with E-state index in [-0.39, 0.29) is 24.8 Å². The Hall–Kier alpha value is -4.79. The zero-order chi connectivity index (χ0) is 33.3. The zero-order valence-corrected chi connectivity index (χ0v) is 28.0. The fourth-order valence-corrected chi connectivity index (χ4v) is 6.64. The van der Waals surface area contributed by atoms with Crippen LogP contribution in [0.5, 0.6) is 0 Å². The number of aliphatic hydroxyl groups excluding tert-OH is 1. The molecule has 0 unspecified atom stereocenters. The third-order valence-corrected chi connectivity index (χ3v) is 9.33. The number of nitrogens with one attached hydrogen (secondary N) is 1. The highest BCUT2D eigenvalue weighted by Gasteiger charge is 2.32. The number of hydrogen-bond acceptors (Lipinski definition) is 8. The first-order valence-electron chi connectivity index (χ1n) is 15.8. The predicted octanol–water partition coefficient (Wildman–Crippen LogP) is 7.54. The van der Waals surface area contributed by atoms with Crippen LogP contribution in [0.1, 0.15) is 89.2 Å². The fourth-order valence-electron chi connectivity index (χ4n) is 6.64. The van der Waals surface area contributed by atoms with Crippen molar-refractivity contribution in [1.82, 2.24) is 4.98 Å². The van der Waals surface area contributed by atoms with Crippen molar-refractivity contribution in [2.45, 2.75) is 80.1 Å². The lowest BCUT2D eigenvalue weighted by molar-refractivity contribution is -0.141. The lowest BCUT2D eigenvalue weighted by Crippen LogP contribution is -2.13. The molecule has 4 aliphatic heterocycles. The highest BCUT2D eigenvalue weighted by atomic mass is 16.5. The number of carbonyl (C=O) groups is 2. The molecule has 46 heavy (non-hydrogen) atoms. The number of aliphatic hydroxyl groups is 1. The Morgan fingerprint density at radius 3 is 1.87 bits per heavy atom. The second-order valence-corrected chi connectivity index (χ2v) is 11.8. The molecule has 1 aromatic rings. The van der Waals surface area contributed by atoms with E-state index in [4.69, 9.17) is 24.5 Å². The minimum Gasteiger partial charge on any atom is -0.515 e. The molecule has 9 nitrogen and oxygen atoms in total. The molecule has 9 heteroatoms. The highest BCUT2D eigenvalue weighted by molar-refractivity contribution is 6.36. The molecule has 240 valence electrons. The molecule has 0 radical (unpaired) electrons. The molecule has 0 saturated heterocycles. The van der Waals surface area contributed by atoms with Gasteiger partial charge >= 0.3 is 11.9 Å². The largest absolute Gasteiger partial charge is 0.515 e. The van der Waals surface area contributed by atoms with Gasteiger partial charge in [-0.1, -0.05) is 13.8 Å². The molecule has 1 aromatic heterocycles. The molecule has 0 spiro atoms. The van der Waals surface area contributed by atoms with Gasteiger partial charge < -0.3 is 19.6 Å². The van der Waals surface area contributed by atoms with Gasteiger partial charge in [-0.25, -0.2) is 15.0 Å². The van der Waals surface area contributed by atoms with Crippen LogP contribution in [0.3, 0.4) is 0 Å². The van der Waals surface area contributed by atoms with Crippen LogP contribution >= 0.6 is 0 Å². The Bertz CT molecular complexity index is 1850. The SMILES string of the molecule is CCC1=C(C)C2=NC1=Cc1[nH]c(c(CC)c1C)C=C1N=C(C=C3N=C(C2=CO)C(C)=C3CCC(=O)OC)C(CCC(=O)OC)=C1C. The molecule has 4 aliphatic rings. The molecule has 0 aliphatic carbocycles. The number of ether oxygens (including phenoxy) is 2. The van der Waals surface area contributed by atoms with E-state index in [9.17, 15) is 14.7 Å². The van der Waals surface area contributed by atoms with E-state index in [1.54, 1.807) is 0 Å². The van der Waals surface area contributed by atoms with Gasteiger partial charge in [0.05, 0.1) is 60.3 Å². The molecule has 8 bridgehead atoms. The summed E-state index contributed by atoms with van der Waals surface area (Å²) < 4.78 is 9.90. The number of esters is 2. The summed E-state index contributed by atoms with van der Waals surface area (Å²) in [4.78, 5) is 43.3. The summed E-state index contributed by atoms with van der Waals surface area (Å²) in [6, 6.07) is 0. The molecular formula is C37H42N4O5. The Labute approximate surface area is 270 Å². The summed E-state index contributed by atoms with van der Waals surface area (Å²) in [6.45, 7) is 12.4. The fraction of sp³-hybridized carbons (Fsp3) is 0.378. The molecule has 2 N–H and O–H groups in total. The molecule has 5 rings (SSSR count). The van der Waals surface area contributed by atoms with Crippen LogP contribution in [0.15, 0.2) is 83.4 Å². The lowest BCUT2D eigenvalue weighted by Gasteiger charge is -2.10. The average molecular weight is 623 g/mol. The van der Waals surface area contributed by atoms with Crippen LogP contribution in [-0.4, -0.2) is 53.4 Å². The summed E-state index contributed by atoms with van der Waals surface area (Å²) in [5, 5.41) is 10.7. The van der Waals surface area contributed by atoms with E-state index in [1.807, 2.05) is 26.8 Å². The van der Waals surface area contributed by atoms with Crippen molar-refractivity contribution >= 4 is 41.2 Å². The number of aromatic nitrogens is 1. The molecular weight excluding hydrogens is 580 g/mol. The van der Waals surface area contributed by atoms with Crippen molar-refractivity contribution in [2.24, 2.45) is 15.0 Å². The van der Waals surface area contributed by atoms with Crippen LogP contribution in [-0.2, 0) is 25.5 Å². The van der Waals surface area contributed by atoms with Crippen molar-refractivity contribution in [3.63, 3.8) is 0 Å². The summed E-state index contributed by atoms with van der Waals surface area (Å²) in [7, 11) is 2.76. The van der Waals surface area contributed by atoms with Gasteiger partial charge in [0.15, 0.2) is 0 Å². The Morgan fingerprint density at radius 2 is 1.30 bits per heavy atom. The van der Waals surface area contributed by atoms with Gasteiger partial charge in [0.1, 0.15) is 0 Å². The van der Waals surface area contributed by atoms with Crippen molar-refractivity contribution in [1.29, 1.82) is 0 Å². The number of nitrogens with zero attached hydrogens (tertiary/aromatic N) is 3. The van der Waals surface area contributed by atoms with E-state index in [0.717, 1.165) is 80.9 Å². The first-order chi connectivity index (χ1) is 22.1. The number of carbonyl (C=O) groups excluding carboxylic acids is 2. The Morgan fingerprint density at radius 1 is 0.739 bits per heavy atom. The quantitative estimate of drug-likeness (QED) is 0.229. The number of fused-ring (bicyclic) bond motifs is 5. The number of aliphatic imine (C=N–C) groups is 3. The maximum atomic E-state index is 12.2. The third kappa shape index (κ3) is 5.82. The molecule has 0 atom stereocenters. The second-order valence-electron chi connectivity index (χ2n) is 11.8. The first-order valence-corrected chi connectivity index (χ1v) is 15.8. The summed E-state index contributed by atoms with van der Waals surface area (Å²) >= 11 is 0. The van der Waals surface area contributed by atoms with Gasteiger partial charge in [-0.15, -0.1) is 0 Å². The van der Waals surface area contributed by atoms with E-state index in [1.165, 1.54) is 19.8 Å². The number of aromatic amines is 1. The van der Waals surface area contributed by atoms with E-state index >= 15 is 0 Å². The Balaban J connectivity index is 1.80. The number of H-pyrrole nitrogens is 1. The predicted molar refractivity (Wildman–Crippen MR) is 183 cm³/mol. The van der Waals surface area contributed by atoms with Crippen molar-refractivity contribution in [2.75, 3.05) is 14.2 Å². The maximum Gasteiger partial charge on any atom is 0.305 e. The monoisotopic (exact) mass is 622 g/mol. The normalized spacial score (nSPS) is 18.5. The highest BCUT2D eigenvalue weighted by Crippen LogP contribution is 2.39. The maximum absolute atomic E-state index is 12.2. The molecule has 0 amide bonds. The number of rotatable bonds is 8. The second kappa shape index (κ2) is 13.3. The summed E-state index contributed by atoms with van der Waals surface area (Å²) in [5.41, 5.74) is 14.7. The van der Waals surface area contributed by atoms with Crippen LogP contribution < -0.4 is 0 Å². The number of methoxy groups -OCH3 is 2. The number of hydrogen-bond donors (Lipinski definition) is 2. The van der Waals surface area contributed by atoms with Gasteiger partial charge in [-0.05, 0) is 116 Å². The first kappa shape index (κ1) is 32.6. The van der Waals surface area contributed by atoms with Crippen LogP contribution in [0.25, 0.3) is 12.2 Å². The van der Waals surface area contributed by atoms with Crippen molar-refractivity contribution in [3.05, 3.63) is 91.0 Å². The summed E-state index contributed by atoms with van der Waals surface area (Å²) in [5.74, 6) is -0.621. The van der Waals surface area contributed by atoms with E-state index in [0.29, 0.717) is 41.2 Å². The smallest absolute Gasteiger partial charge is 0.305 e. The molecule has 0 fully saturated rings. The average Bonchev–Trinajstić information content (AvgIpc) is 3.72. The van der Waals surface area contributed by atoms with Crippen LogP contribution in [0.2, 0.25) is 0 Å². The van der Waals surface area contributed by atoms with E-state index in [2.05, 4.69) is 37.9 Å². The summed E-state index contributed by atoms with van der Waals surface area (Å²) in [6.07, 6.45) is 9.99. The molecule has 0 aromatic carbocycles. The topological polar surface area (TPSA) is 126 Å². The van der Waals surface area contributed by atoms with Gasteiger partial charge in [-0.2, -0.15) is 0 Å². The minimum atomic E-state index is -0.323. The van der Waals surface area contributed by atoms with Gasteiger partial charge in [-0.3, -0.25) is 9.59 Å². The van der Waals surface area contributed by atoms with Gasteiger partial charge in [0.25, 0.3) is 0 Å². The molecule has 5 heterocycles. The van der Waals surface area contributed by atoms with Crippen molar-refractivity contribution < 1.29 is 24.2 Å². The zero-order valence-electron chi connectivity index (χ0n) is 28.0. The number of allylic oxidation sites excluding steroid dienone is 8. The third-order valence-electron chi connectivity index (χ3n) is 9.33. The van der Waals surface area contributed by atoms with Gasteiger partial charge in [0, 0.05) is 24.2 Å². The standard InChI is InChI=1S/C37H42N4O5/c1-9-23-19(3)28-16-31-24(10-2)21(5)36(40-31)27(18-42)37-22(6)26(12-14-35(44)46-8)33(41-37)17-32-25(11-13-34(43)45-7)20(4)29(39-32)15-30(23)38-28/h15-18,38,42H,9-14H2,1-8H3. The van der Waals surface area contributed by atoms with E-state index < -0.39 is 0 Å². The van der Waals surface area contributed by atoms with Crippen LogP contribution in [0.4, 0.5) is 0 Å². The van der Waals surface area contributed by atoms with Gasteiger partial charge in [0.2, 0.25) is 0 Å². The molecule has 0 saturated carbocycles. The Kier molecular flexibility index (Phi) is 9.42. The lowest BCUT2D eigenvalue weighted by atomic mass is 9.92. The minimum absolute atomic E-state index is 0.171.